The van der Waals surface area contributed by atoms with Gasteiger partial charge in [0.2, 0.25) is 11.8 Å². The van der Waals surface area contributed by atoms with Crippen LogP contribution in [0.4, 0.5) is 17.1 Å². The van der Waals surface area contributed by atoms with Gasteiger partial charge in [0.15, 0.2) is 0 Å². The van der Waals surface area contributed by atoms with Crippen molar-refractivity contribution >= 4 is 40.5 Å². The molecule has 0 radical (unpaired) electrons. The first-order chi connectivity index (χ1) is 12.9. The molecule has 2 aromatic carbocycles. The maximum Gasteiger partial charge on any atom is 0.243 e. The lowest BCUT2D eigenvalue weighted by Gasteiger charge is -2.15. The summed E-state index contributed by atoms with van der Waals surface area (Å²) < 4.78 is 0. The van der Waals surface area contributed by atoms with Crippen LogP contribution in [0.5, 0.6) is 0 Å². The van der Waals surface area contributed by atoms with Crippen molar-refractivity contribution in [2.45, 2.75) is 39.5 Å². The van der Waals surface area contributed by atoms with E-state index in [4.69, 9.17) is 11.6 Å². The quantitative estimate of drug-likeness (QED) is 0.579. The molecule has 5 nitrogen and oxygen atoms in total. The maximum absolute atomic E-state index is 12.3. The van der Waals surface area contributed by atoms with Crippen LogP contribution in [0.1, 0.15) is 45.1 Å². The van der Waals surface area contributed by atoms with Gasteiger partial charge in [0.1, 0.15) is 0 Å². The van der Waals surface area contributed by atoms with Crippen molar-refractivity contribution in [3.05, 3.63) is 53.1 Å². The molecule has 0 aliphatic carbocycles. The zero-order chi connectivity index (χ0) is 19.8. The molecular formula is C21H26ClN3O2. The topological polar surface area (TPSA) is 70.2 Å². The molecule has 0 saturated heterocycles. The molecule has 0 fully saturated rings. The third kappa shape index (κ3) is 6.29. The molecule has 0 aliphatic heterocycles. The van der Waals surface area contributed by atoms with Crippen LogP contribution in [0.3, 0.4) is 0 Å². The highest BCUT2D eigenvalue weighted by Crippen LogP contribution is 2.26. The summed E-state index contributed by atoms with van der Waals surface area (Å²) in [6.45, 7) is 6.28. The molecule has 0 aromatic heterocycles. The number of amides is 2. The molecule has 3 N–H and O–H groups in total. The number of hydrogen-bond donors (Lipinski definition) is 3. The van der Waals surface area contributed by atoms with E-state index >= 15 is 0 Å². The van der Waals surface area contributed by atoms with Crippen LogP contribution in [-0.4, -0.2) is 18.4 Å². The highest BCUT2D eigenvalue weighted by atomic mass is 35.5. The Morgan fingerprint density at radius 1 is 1.00 bits per heavy atom. The lowest BCUT2D eigenvalue weighted by molar-refractivity contribution is -0.116. The van der Waals surface area contributed by atoms with Gasteiger partial charge in [0.25, 0.3) is 0 Å². The van der Waals surface area contributed by atoms with E-state index in [2.05, 4.69) is 29.8 Å². The molecule has 2 aromatic rings. The molecule has 0 saturated carbocycles. The van der Waals surface area contributed by atoms with Crippen LogP contribution in [0, 0.1) is 0 Å². The number of carbonyl (C=O) groups is 2. The zero-order valence-electron chi connectivity index (χ0n) is 15.9. The van der Waals surface area contributed by atoms with E-state index in [0.717, 1.165) is 17.7 Å². The van der Waals surface area contributed by atoms with E-state index in [9.17, 15) is 9.59 Å². The van der Waals surface area contributed by atoms with Crippen LogP contribution < -0.4 is 16.0 Å². The Morgan fingerprint density at radius 2 is 1.74 bits per heavy atom. The second-order valence-corrected chi connectivity index (χ2v) is 7.04. The Balaban J connectivity index is 2.00. The average molecular weight is 388 g/mol. The smallest absolute Gasteiger partial charge is 0.243 e. The first kappa shape index (κ1) is 20.8. The van der Waals surface area contributed by atoms with Crippen molar-refractivity contribution in [1.29, 1.82) is 0 Å². The Bertz CT molecular complexity index is 806. The molecule has 6 heteroatoms. The number of benzene rings is 2. The number of halogens is 1. The van der Waals surface area contributed by atoms with Crippen molar-refractivity contribution in [2.24, 2.45) is 0 Å². The molecule has 0 aliphatic rings. The number of rotatable bonds is 8. The van der Waals surface area contributed by atoms with Crippen molar-refractivity contribution in [1.82, 2.24) is 0 Å². The fourth-order valence-corrected chi connectivity index (χ4v) is 2.85. The van der Waals surface area contributed by atoms with Crippen LogP contribution in [-0.2, 0) is 9.59 Å². The minimum atomic E-state index is -0.215. The lowest BCUT2D eigenvalue weighted by atomic mass is 10.0. The molecule has 0 bridgehead atoms. The molecule has 144 valence electrons. The van der Waals surface area contributed by atoms with Crippen LogP contribution in [0.15, 0.2) is 42.5 Å². The van der Waals surface area contributed by atoms with Gasteiger partial charge in [-0.05, 0) is 42.2 Å². The van der Waals surface area contributed by atoms with E-state index < -0.39 is 0 Å². The first-order valence-electron chi connectivity index (χ1n) is 9.12. The van der Waals surface area contributed by atoms with E-state index in [1.54, 1.807) is 18.2 Å². The second-order valence-electron chi connectivity index (χ2n) is 6.64. The molecule has 0 heterocycles. The van der Waals surface area contributed by atoms with Gasteiger partial charge in [0, 0.05) is 17.8 Å². The molecule has 2 rings (SSSR count). The summed E-state index contributed by atoms with van der Waals surface area (Å²) in [5.41, 5.74) is 3.17. The van der Waals surface area contributed by atoms with Crippen molar-refractivity contribution < 1.29 is 9.59 Å². The number of nitrogens with one attached hydrogen (secondary N) is 3. The number of carbonyl (C=O) groups excluding carboxylic acids is 2. The summed E-state index contributed by atoms with van der Waals surface area (Å²) in [6.07, 6.45) is 1.22. The summed E-state index contributed by atoms with van der Waals surface area (Å²) in [7, 11) is 0. The summed E-state index contributed by atoms with van der Waals surface area (Å²) in [5, 5.41) is 9.18. The predicted molar refractivity (Wildman–Crippen MR) is 113 cm³/mol. The highest BCUT2D eigenvalue weighted by Gasteiger charge is 2.10. The van der Waals surface area contributed by atoms with E-state index in [1.165, 1.54) is 0 Å². The largest absolute Gasteiger partial charge is 0.376 e. The number of hydrogen-bond acceptors (Lipinski definition) is 3. The molecule has 27 heavy (non-hydrogen) atoms. The fraction of sp³-hybridized carbons (Fsp3) is 0.333. The Morgan fingerprint density at radius 3 is 2.44 bits per heavy atom. The average Bonchev–Trinajstić information content (AvgIpc) is 2.63. The molecule has 0 atom stereocenters. The second kappa shape index (κ2) is 9.97. The molecule has 2 amide bonds. The maximum atomic E-state index is 12.3. The van der Waals surface area contributed by atoms with Gasteiger partial charge in [-0.25, -0.2) is 0 Å². The minimum absolute atomic E-state index is 0.0657. The van der Waals surface area contributed by atoms with E-state index in [1.807, 2.05) is 31.2 Å². The van der Waals surface area contributed by atoms with Gasteiger partial charge in [0.05, 0.1) is 17.3 Å². The van der Waals surface area contributed by atoms with Crippen molar-refractivity contribution in [3.8, 4) is 0 Å². The van der Waals surface area contributed by atoms with Gasteiger partial charge >= 0.3 is 0 Å². The monoisotopic (exact) mass is 387 g/mol. The van der Waals surface area contributed by atoms with Crippen LogP contribution >= 0.6 is 11.6 Å². The van der Waals surface area contributed by atoms with Crippen LogP contribution in [0.2, 0.25) is 5.02 Å². The lowest BCUT2D eigenvalue weighted by Crippen LogP contribution is -2.22. The van der Waals surface area contributed by atoms with Crippen molar-refractivity contribution in [2.75, 3.05) is 22.5 Å². The molecule has 0 spiro atoms. The minimum Gasteiger partial charge on any atom is -0.376 e. The zero-order valence-corrected chi connectivity index (χ0v) is 16.7. The van der Waals surface area contributed by atoms with Gasteiger partial charge in [-0.15, -0.1) is 0 Å². The first-order valence-corrected chi connectivity index (χ1v) is 9.50. The summed E-state index contributed by atoms with van der Waals surface area (Å²) in [6, 6.07) is 13.0. The SMILES string of the molecule is CCCC(=O)Nc1ccc(Cl)c(NC(=O)CNc2ccccc2C(C)C)c1. The Kier molecular flexibility index (Phi) is 7.67. The van der Waals surface area contributed by atoms with E-state index in [0.29, 0.717) is 28.7 Å². The number of anilines is 3. The fourth-order valence-electron chi connectivity index (χ4n) is 2.68. The summed E-state index contributed by atoms with van der Waals surface area (Å²) in [4.78, 5) is 24.1. The van der Waals surface area contributed by atoms with Gasteiger partial charge in [-0.3, -0.25) is 9.59 Å². The third-order valence-electron chi connectivity index (χ3n) is 4.02. The van der Waals surface area contributed by atoms with E-state index in [-0.39, 0.29) is 18.4 Å². The van der Waals surface area contributed by atoms with Gasteiger partial charge in [-0.1, -0.05) is 50.6 Å². The Labute approximate surface area is 165 Å². The normalized spacial score (nSPS) is 10.6. The van der Waals surface area contributed by atoms with Crippen molar-refractivity contribution in [3.63, 3.8) is 0 Å². The number of para-hydroxylation sites is 1. The third-order valence-corrected chi connectivity index (χ3v) is 4.35. The predicted octanol–water partition coefficient (Wildman–Crippen LogP) is 5.25. The van der Waals surface area contributed by atoms with Gasteiger partial charge < -0.3 is 16.0 Å². The van der Waals surface area contributed by atoms with Crippen LogP contribution in [0.25, 0.3) is 0 Å². The van der Waals surface area contributed by atoms with Gasteiger partial charge in [-0.2, -0.15) is 0 Å². The molecular weight excluding hydrogens is 362 g/mol. The molecule has 0 unspecified atom stereocenters. The Hall–Kier alpha value is -2.53. The highest BCUT2D eigenvalue weighted by molar-refractivity contribution is 6.33. The summed E-state index contributed by atoms with van der Waals surface area (Å²) >= 11 is 6.17. The summed E-state index contributed by atoms with van der Waals surface area (Å²) in [5.74, 6) is 0.0752. The standard InChI is InChI=1S/C21H26ClN3O2/c1-4-7-20(26)24-15-10-11-17(22)19(12-15)25-21(27)13-23-18-9-6-5-8-16(18)14(2)3/h5-6,8-12,14,23H,4,7,13H2,1-3H3,(H,24,26)(H,25,27).